The summed E-state index contributed by atoms with van der Waals surface area (Å²) >= 11 is 0. The maximum atomic E-state index is 12.9. The van der Waals surface area contributed by atoms with Crippen LogP contribution in [-0.2, 0) is 16.0 Å². The van der Waals surface area contributed by atoms with Gasteiger partial charge in [-0.05, 0) is 50.2 Å². The number of carbonyl (C=O) groups is 2. The number of nitrogens with zero attached hydrogens (tertiary/aromatic N) is 2. The zero-order chi connectivity index (χ0) is 16.4. The highest BCUT2D eigenvalue weighted by atomic mass is 16.2. The standard InChI is InChI=1S/C19H26N2O2/c1-14-10-12-20(13-11-14)19(23)15(2)21-17-8-4-3-6-16(17)7-5-9-18(21)22/h3-4,6,8,14-15H,5,7,9-13H2,1-2H3. The van der Waals surface area contributed by atoms with Gasteiger partial charge in [-0.15, -0.1) is 0 Å². The van der Waals surface area contributed by atoms with Crippen LogP contribution in [0.5, 0.6) is 0 Å². The number of carbonyl (C=O) groups excluding carboxylic acids is 2. The normalized spacial score (nSPS) is 20.9. The van der Waals surface area contributed by atoms with Crippen molar-refractivity contribution in [1.82, 2.24) is 4.90 Å². The fourth-order valence-electron chi connectivity index (χ4n) is 3.67. The van der Waals surface area contributed by atoms with Crippen LogP contribution in [0.1, 0.15) is 45.1 Å². The minimum absolute atomic E-state index is 0.0705. The van der Waals surface area contributed by atoms with Crippen LogP contribution in [0.4, 0.5) is 5.69 Å². The molecule has 1 fully saturated rings. The van der Waals surface area contributed by atoms with Crippen molar-refractivity contribution in [3.8, 4) is 0 Å². The summed E-state index contributed by atoms with van der Waals surface area (Å²) in [5.41, 5.74) is 2.09. The topological polar surface area (TPSA) is 40.6 Å². The Morgan fingerprint density at radius 3 is 2.61 bits per heavy atom. The van der Waals surface area contributed by atoms with Crippen LogP contribution >= 0.6 is 0 Å². The predicted molar refractivity (Wildman–Crippen MR) is 91.3 cm³/mol. The van der Waals surface area contributed by atoms with Gasteiger partial charge in [0, 0.05) is 25.2 Å². The van der Waals surface area contributed by atoms with Crippen molar-refractivity contribution in [3.05, 3.63) is 29.8 Å². The maximum Gasteiger partial charge on any atom is 0.245 e. The van der Waals surface area contributed by atoms with E-state index in [0.717, 1.165) is 44.5 Å². The van der Waals surface area contributed by atoms with E-state index in [9.17, 15) is 9.59 Å². The Labute approximate surface area is 138 Å². The molecule has 0 radical (unpaired) electrons. The van der Waals surface area contributed by atoms with E-state index in [4.69, 9.17) is 0 Å². The smallest absolute Gasteiger partial charge is 0.245 e. The number of amides is 2. The number of fused-ring (bicyclic) bond motifs is 1. The van der Waals surface area contributed by atoms with Crippen LogP contribution in [0, 0.1) is 5.92 Å². The van der Waals surface area contributed by atoms with Crippen LogP contribution in [-0.4, -0.2) is 35.8 Å². The lowest BCUT2D eigenvalue weighted by Gasteiger charge is -2.36. The van der Waals surface area contributed by atoms with Crippen LogP contribution in [0.2, 0.25) is 0 Å². The zero-order valence-corrected chi connectivity index (χ0v) is 14.1. The molecule has 4 heteroatoms. The largest absolute Gasteiger partial charge is 0.341 e. The van der Waals surface area contributed by atoms with Crippen molar-refractivity contribution in [2.75, 3.05) is 18.0 Å². The van der Waals surface area contributed by atoms with Crippen molar-refractivity contribution in [3.63, 3.8) is 0 Å². The van der Waals surface area contributed by atoms with E-state index in [2.05, 4.69) is 13.0 Å². The highest BCUT2D eigenvalue weighted by Crippen LogP contribution is 2.29. The molecule has 124 valence electrons. The van der Waals surface area contributed by atoms with E-state index in [1.54, 1.807) is 4.90 Å². The number of para-hydroxylation sites is 1. The second kappa shape index (κ2) is 6.73. The molecule has 1 saturated heterocycles. The molecule has 0 N–H and O–H groups in total. The monoisotopic (exact) mass is 314 g/mol. The number of anilines is 1. The summed E-state index contributed by atoms with van der Waals surface area (Å²) in [4.78, 5) is 29.2. The molecule has 2 aliphatic heterocycles. The Balaban J connectivity index is 1.83. The van der Waals surface area contributed by atoms with E-state index in [1.807, 2.05) is 30.0 Å². The van der Waals surface area contributed by atoms with Gasteiger partial charge in [-0.2, -0.15) is 0 Å². The number of hydrogen-bond acceptors (Lipinski definition) is 2. The minimum Gasteiger partial charge on any atom is -0.341 e. The summed E-state index contributed by atoms with van der Waals surface area (Å²) in [6.07, 6.45) is 4.39. The van der Waals surface area contributed by atoms with Gasteiger partial charge in [-0.3, -0.25) is 14.5 Å². The van der Waals surface area contributed by atoms with E-state index >= 15 is 0 Å². The first-order valence-corrected chi connectivity index (χ1v) is 8.76. The third-order valence-corrected chi connectivity index (χ3v) is 5.20. The molecule has 0 bridgehead atoms. The molecule has 0 saturated carbocycles. The van der Waals surface area contributed by atoms with E-state index in [-0.39, 0.29) is 11.8 Å². The fraction of sp³-hybridized carbons (Fsp3) is 0.579. The average molecular weight is 314 g/mol. The predicted octanol–water partition coefficient (Wildman–Crippen LogP) is 3.00. The molecule has 1 aromatic rings. The SMILES string of the molecule is CC1CCN(C(=O)C(C)N2C(=O)CCCc3ccccc32)CC1. The Bertz CT molecular complexity index is 591. The van der Waals surface area contributed by atoms with Crippen molar-refractivity contribution in [2.24, 2.45) is 5.92 Å². The van der Waals surface area contributed by atoms with Crippen LogP contribution in [0.15, 0.2) is 24.3 Å². The molecule has 0 aromatic heterocycles. The summed E-state index contributed by atoms with van der Waals surface area (Å²) in [6.45, 7) is 5.74. The summed E-state index contributed by atoms with van der Waals surface area (Å²) in [5.74, 6) is 0.845. The molecule has 2 amide bonds. The van der Waals surface area contributed by atoms with Gasteiger partial charge in [0.15, 0.2) is 0 Å². The Morgan fingerprint density at radius 2 is 1.87 bits per heavy atom. The number of likely N-dealkylation sites (tertiary alicyclic amines) is 1. The third-order valence-electron chi connectivity index (χ3n) is 5.20. The lowest BCUT2D eigenvalue weighted by atomic mass is 9.98. The van der Waals surface area contributed by atoms with E-state index in [0.29, 0.717) is 12.3 Å². The van der Waals surface area contributed by atoms with Gasteiger partial charge in [0.05, 0.1) is 0 Å². The number of benzene rings is 1. The van der Waals surface area contributed by atoms with Gasteiger partial charge in [-0.1, -0.05) is 25.1 Å². The van der Waals surface area contributed by atoms with Crippen LogP contribution in [0.25, 0.3) is 0 Å². The van der Waals surface area contributed by atoms with Gasteiger partial charge >= 0.3 is 0 Å². The van der Waals surface area contributed by atoms with Crippen molar-refractivity contribution in [1.29, 1.82) is 0 Å². The second-order valence-corrected chi connectivity index (χ2v) is 6.93. The third kappa shape index (κ3) is 3.26. The summed E-state index contributed by atoms with van der Waals surface area (Å²) in [6, 6.07) is 7.58. The van der Waals surface area contributed by atoms with Crippen molar-refractivity contribution >= 4 is 17.5 Å². The first-order valence-electron chi connectivity index (χ1n) is 8.76. The molecule has 23 heavy (non-hydrogen) atoms. The van der Waals surface area contributed by atoms with Crippen LogP contribution in [0.3, 0.4) is 0 Å². The Kier molecular flexibility index (Phi) is 4.69. The molecule has 2 heterocycles. The first kappa shape index (κ1) is 16.0. The van der Waals surface area contributed by atoms with E-state index < -0.39 is 6.04 Å². The molecule has 4 nitrogen and oxygen atoms in total. The molecular weight excluding hydrogens is 288 g/mol. The lowest BCUT2D eigenvalue weighted by molar-refractivity contribution is -0.135. The average Bonchev–Trinajstić information content (AvgIpc) is 2.72. The Hall–Kier alpha value is -1.84. The minimum atomic E-state index is -0.421. The van der Waals surface area contributed by atoms with Gasteiger partial charge in [0.25, 0.3) is 0 Å². The Morgan fingerprint density at radius 1 is 1.17 bits per heavy atom. The van der Waals surface area contributed by atoms with Crippen molar-refractivity contribution < 1.29 is 9.59 Å². The lowest BCUT2D eigenvalue weighted by Crippen LogP contribution is -2.51. The van der Waals surface area contributed by atoms with Crippen LogP contribution < -0.4 is 4.90 Å². The van der Waals surface area contributed by atoms with Gasteiger partial charge < -0.3 is 4.90 Å². The van der Waals surface area contributed by atoms with Gasteiger partial charge in [0.1, 0.15) is 6.04 Å². The maximum absolute atomic E-state index is 12.9. The number of piperidine rings is 1. The van der Waals surface area contributed by atoms with Gasteiger partial charge in [0.2, 0.25) is 11.8 Å². The van der Waals surface area contributed by atoms with Crippen molar-refractivity contribution in [2.45, 2.75) is 52.0 Å². The molecule has 3 rings (SSSR count). The number of aryl methyl sites for hydroxylation is 1. The highest BCUT2D eigenvalue weighted by molar-refractivity contribution is 6.01. The quantitative estimate of drug-likeness (QED) is 0.842. The highest BCUT2D eigenvalue weighted by Gasteiger charge is 2.33. The first-order chi connectivity index (χ1) is 11.1. The van der Waals surface area contributed by atoms with Gasteiger partial charge in [-0.25, -0.2) is 0 Å². The number of hydrogen-bond donors (Lipinski definition) is 0. The summed E-state index contributed by atoms with van der Waals surface area (Å²) < 4.78 is 0. The summed E-state index contributed by atoms with van der Waals surface area (Å²) in [7, 11) is 0. The molecule has 0 spiro atoms. The molecule has 1 unspecified atom stereocenters. The summed E-state index contributed by atoms with van der Waals surface area (Å²) in [5, 5.41) is 0. The molecule has 2 aliphatic rings. The molecule has 1 atom stereocenters. The van der Waals surface area contributed by atoms with E-state index in [1.165, 1.54) is 5.56 Å². The fourth-order valence-corrected chi connectivity index (χ4v) is 3.67. The zero-order valence-electron chi connectivity index (χ0n) is 14.1. The molecular formula is C19H26N2O2. The number of rotatable bonds is 2. The molecule has 0 aliphatic carbocycles. The molecule has 1 aromatic carbocycles. The second-order valence-electron chi connectivity index (χ2n) is 6.93.